The molecule has 1 heterocycles. The van der Waals surface area contributed by atoms with E-state index in [9.17, 15) is 9.59 Å². The second kappa shape index (κ2) is 13.1. The number of carbonyl (C=O) groups is 2. The third kappa shape index (κ3) is 10.1. The van der Waals surface area contributed by atoms with E-state index in [-0.39, 0.29) is 5.76 Å². The highest BCUT2D eigenvalue weighted by molar-refractivity contribution is 6.07. The largest absolute Gasteiger partial charge is 0.486 e. The summed E-state index contributed by atoms with van der Waals surface area (Å²) in [4.78, 5) is 21.9. The van der Waals surface area contributed by atoms with E-state index in [0.29, 0.717) is 6.61 Å². The van der Waals surface area contributed by atoms with E-state index in [0.717, 1.165) is 18.9 Å². The smallest absolute Gasteiger partial charge is 0.381 e. The van der Waals surface area contributed by atoms with Gasteiger partial charge in [0.2, 0.25) is 5.76 Å². The highest BCUT2D eigenvalue weighted by Crippen LogP contribution is 2.13. The standard InChI is InChI=1S/C19H32O4/c1-2-3-4-5-6-7-8-9-10-11-12-13-14-15-22-17-16-18(20)23-19(17)21/h16H,2-15H2,1H3. The summed E-state index contributed by atoms with van der Waals surface area (Å²) in [6.07, 6.45) is 18.0. The van der Waals surface area contributed by atoms with Gasteiger partial charge in [-0.15, -0.1) is 0 Å². The molecule has 1 rings (SSSR count). The van der Waals surface area contributed by atoms with Crippen LogP contribution in [-0.4, -0.2) is 18.5 Å². The first-order chi connectivity index (χ1) is 11.2. The Kier molecular flexibility index (Phi) is 11.3. The SMILES string of the molecule is CCCCCCCCCCCCCCCOC1=CC(=O)OC1=O. The lowest BCUT2D eigenvalue weighted by atomic mass is 10.0. The molecule has 0 saturated carbocycles. The third-order valence-electron chi connectivity index (χ3n) is 4.15. The zero-order chi connectivity index (χ0) is 16.8. The van der Waals surface area contributed by atoms with Gasteiger partial charge < -0.3 is 9.47 Å². The number of ether oxygens (including phenoxy) is 2. The highest BCUT2D eigenvalue weighted by Gasteiger charge is 2.24. The zero-order valence-electron chi connectivity index (χ0n) is 14.6. The summed E-state index contributed by atoms with van der Waals surface area (Å²) in [7, 11) is 0. The fourth-order valence-electron chi connectivity index (χ4n) is 2.74. The fourth-order valence-corrected chi connectivity index (χ4v) is 2.74. The summed E-state index contributed by atoms with van der Waals surface area (Å²) in [6, 6.07) is 0. The summed E-state index contributed by atoms with van der Waals surface area (Å²) in [5.41, 5.74) is 0. The van der Waals surface area contributed by atoms with E-state index in [2.05, 4.69) is 11.7 Å². The average Bonchev–Trinajstić information content (AvgIpc) is 2.85. The number of cyclic esters (lactones) is 2. The predicted octanol–water partition coefficient (Wildman–Crippen LogP) is 5.06. The Labute approximate surface area is 140 Å². The molecule has 0 amide bonds. The Morgan fingerprint density at radius 2 is 1.26 bits per heavy atom. The Morgan fingerprint density at radius 3 is 1.70 bits per heavy atom. The normalized spacial score (nSPS) is 14.0. The van der Waals surface area contributed by atoms with Crippen molar-refractivity contribution in [2.75, 3.05) is 6.61 Å². The number of unbranched alkanes of at least 4 members (excludes halogenated alkanes) is 12. The number of hydrogen-bond donors (Lipinski definition) is 0. The lowest BCUT2D eigenvalue weighted by molar-refractivity contribution is -0.152. The Bertz CT molecular complexity index is 374. The summed E-state index contributed by atoms with van der Waals surface area (Å²) < 4.78 is 9.60. The molecule has 4 nitrogen and oxygen atoms in total. The average molecular weight is 324 g/mol. The van der Waals surface area contributed by atoms with Gasteiger partial charge in [0.15, 0.2) is 0 Å². The molecule has 132 valence electrons. The second-order valence-corrected chi connectivity index (χ2v) is 6.31. The van der Waals surface area contributed by atoms with Gasteiger partial charge in [-0.05, 0) is 6.42 Å². The topological polar surface area (TPSA) is 52.6 Å². The molecule has 0 atom stereocenters. The first kappa shape index (κ1) is 19.7. The van der Waals surface area contributed by atoms with Crippen LogP contribution >= 0.6 is 0 Å². The van der Waals surface area contributed by atoms with Crippen LogP contribution in [0.25, 0.3) is 0 Å². The molecule has 23 heavy (non-hydrogen) atoms. The van der Waals surface area contributed by atoms with Gasteiger partial charge in [-0.25, -0.2) is 9.59 Å². The molecule has 0 aliphatic carbocycles. The molecule has 0 aromatic heterocycles. The van der Waals surface area contributed by atoms with Crippen molar-refractivity contribution >= 4 is 11.9 Å². The molecule has 0 bridgehead atoms. The van der Waals surface area contributed by atoms with Crippen LogP contribution in [0, 0.1) is 0 Å². The van der Waals surface area contributed by atoms with E-state index in [1.807, 2.05) is 0 Å². The van der Waals surface area contributed by atoms with E-state index in [4.69, 9.17) is 4.74 Å². The molecule has 0 unspecified atom stereocenters. The number of carbonyl (C=O) groups excluding carboxylic acids is 2. The van der Waals surface area contributed by atoms with E-state index >= 15 is 0 Å². The van der Waals surface area contributed by atoms with E-state index in [1.165, 1.54) is 70.6 Å². The molecule has 0 saturated heterocycles. The van der Waals surface area contributed by atoms with E-state index in [1.54, 1.807) is 0 Å². The van der Waals surface area contributed by atoms with Crippen molar-refractivity contribution < 1.29 is 19.1 Å². The molecule has 1 aliphatic rings. The van der Waals surface area contributed by atoms with Gasteiger partial charge in [0, 0.05) is 0 Å². The Hall–Kier alpha value is -1.32. The Morgan fingerprint density at radius 1 is 0.783 bits per heavy atom. The van der Waals surface area contributed by atoms with Crippen molar-refractivity contribution in [3.05, 3.63) is 11.8 Å². The molecule has 0 radical (unpaired) electrons. The highest BCUT2D eigenvalue weighted by atomic mass is 16.6. The maximum absolute atomic E-state index is 11.1. The van der Waals surface area contributed by atoms with Crippen LogP contribution in [0.1, 0.15) is 90.4 Å². The van der Waals surface area contributed by atoms with Crippen molar-refractivity contribution in [3.63, 3.8) is 0 Å². The zero-order valence-corrected chi connectivity index (χ0v) is 14.6. The van der Waals surface area contributed by atoms with Gasteiger partial charge in [-0.3, -0.25) is 0 Å². The lowest BCUT2D eigenvalue weighted by Crippen LogP contribution is -2.05. The monoisotopic (exact) mass is 324 g/mol. The number of hydrogen-bond acceptors (Lipinski definition) is 4. The summed E-state index contributed by atoms with van der Waals surface area (Å²) >= 11 is 0. The van der Waals surface area contributed by atoms with Crippen LogP contribution in [0.5, 0.6) is 0 Å². The molecule has 0 spiro atoms. The van der Waals surface area contributed by atoms with Crippen molar-refractivity contribution in [1.82, 2.24) is 0 Å². The Balaban J connectivity index is 1.77. The summed E-state index contributed by atoms with van der Waals surface area (Å²) in [5.74, 6) is -1.24. The molecule has 0 aromatic carbocycles. The van der Waals surface area contributed by atoms with Gasteiger partial charge in [0.25, 0.3) is 0 Å². The lowest BCUT2D eigenvalue weighted by Gasteiger charge is -2.05. The van der Waals surface area contributed by atoms with Crippen LogP contribution in [0.3, 0.4) is 0 Å². The van der Waals surface area contributed by atoms with Gasteiger partial charge in [-0.2, -0.15) is 0 Å². The van der Waals surface area contributed by atoms with Crippen LogP contribution < -0.4 is 0 Å². The molecule has 0 N–H and O–H groups in total. The van der Waals surface area contributed by atoms with Crippen molar-refractivity contribution in [3.8, 4) is 0 Å². The van der Waals surface area contributed by atoms with Crippen molar-refractivity contribution in [2.24, 2.45) is 0 Å². The minimum atomic E-state index is -0.662. The molecule has 4 heteroatoms. The minimum absolute atomic E-state index is 0.0499. The first-order valence-corrected chi connectivity index (χ1v) is 9.34. The maximum Gasteiger partial charge on any atom is 0.381 e. The predicted molar refractivity (Wildman–Crippen MR) is 90.8 cm³/mol. The van der Waals surface area contributed by atoms with Crippen LogP contribution in [0.15, 0.2) is 11.8 Å². The molecule has 0 fully saturated rings. The molecular formula is C19H32O4. The van der Waals surface area contributed by atoms with Crippen molar-refractivity contribution in [2.45, 2.75) is 90.4 Å². The summed E-state index contributed by atoms with van der Waals surface area (Å²) in [6.45, 7) is 2.74. The van der Waals surface area contributed by atoms with Gasteiger partial charge in [0.05, 0.1) is 12.7 Å². The van der Waals surface area contributed by atoms with Crippen LogP contribution in [0.2, 0.25) is 0 Å². The summed E-state index contributed by atoms with van der Waals surface area (Å²) in [5, 5.41) is 0. The molecular weight excluding hydrogens is 292 g/mol. The third-order valence-corrected chi connectivity index (χ3v) is 4.15. The second-order valence-electron chi connectivity index (χ2n) is 6.31. The minimum Gasteiger partial charge on any atom is -0.486 e. The number of esters is 2. The van der Waals surface area contributed by atoms with Crippen LogP contribution in [0.4, 0.5) is 0 Å². The van der Waals surface area contributed by atoms with Gasteiger partial charge in [-0.1, -0.05) is 84.0 Å². The quantitative estimate of drug-likeness (QED) is 0.240. The van der Waals surface area contributed by atoms with Gasteiger partial charge in [0.1, 0.15) is 0 Å². The fraction of sp³-hybridized carbons (Fsp3) is 0.789. The maximum atomic E-state index is 11.1. The molecule has 1 aliphatic heterocycles. The molecule has 0 aromatic rings. The first-order valence-electron chi connectivity index (χ1n) is 9.34. The van der Waals surface area contributed by atoms with Gasteiger partial charge >= 0.3 is 11.9 Å². The van der Waals surface area contributed by atoms with E-state index < -0.39 is 11.9 Å². The number of rotatable bonds is 15. The van der Waals surface area contributed by atoms with Crippen LogP contribution in [-0.2, 0) is 19.1 Å². The van der Waals surface area contributed by atoms with Crippen molar-refractivity contribution in [1.29, 1.82) is 0 Å².